The largest absolute Gasteiger partial charge is 0.390 e. The fourth-order valence-electron chi connectivity index (χ4n) is 1.78. The Balaban J connectivity index is 2.63. The third kappa shape index (κ3) is 5.67. The number of nitriles is 1. The number of ether oxygens (including phenoxy) is 1. The SMILES string of the molecule is COCCCN/C=C(/C#N)C(=O)Nc1ccc(C)cc1C. The normalized spacial score (nSPS) is 10.9. The number of hydrogen-bond acceptors (Lipinski definition) is 4. The molecule has 0 saturated heterocycles. The number of methoxy groups -OCH3 is 1. The van der Waals surface area contributed by atoms with Crippen LogP contribution in [0.3, 0.4) is 0 Å². The first-order chi connectivity index (χ1) is 10.1. The van der Waals surface area contributed by atoms with Crippen molar-refractivity contribution in [1.82, 2.24) is 5.32 Å². The van der Waals surface area contributed by atoms with Crippen molar-refractivity contribution in [3.8, 4) is 6.07 Å². The van der Waals surface area contributed by atoms with Crippen molar-refractivity contribution in [2.24, 2.45) is 0 Å². The van der Waals surface area contributed by atoms with Crippen LogP contribution in [0.15, 0.2) is 30.0 Å². The lowest BCUT2D eigenvalue weighted by Crippen LogP contribution is -2.18. The van der Waals surface area contributed by atoms with E-state index in [1.807, 2.05) is 38.1 Å². The Kier molecular flexibility index (Phi) is 6.99. The Bertz CT molecular complexity index is 559. The van der Waals surface area contributed by atoms with Crippen molar-refractivity contribution in [3.05, 3.63) is 41.1 Å². The summed E-state index contributed by atoms with van der Waals surface area (Å²) >= 11 is 0. The van der Waals surface area contributed by atoms with E-state index < -0.39 is 5.91 Å². The number of carbonyl (C=O) groups excluding carboxylic acids is 1. The van der Waals surface area contributed by atoms with E-state index >= 15 is 0 Å². The second-order valence-electron chi connectivity index (χ2n) is 4.74. The smallest absolute Gasteiger partial charge is 0.267 e. The van der Waals surface area contributed by atoms with Crippen LogP contribution in [0.25, 0.3) is 0 Å². The molecule has 0 heterocycles. The average Bonchev–Trinajstić information content (AvgIpc) is 2.45. The molecular weight excluding hydrogens is 266 g/mol. The summed E-state index contributed by atoms with van der Waals surface area (Å²) in [5, 5.41) is 14.7. The maximum atomic E-state index is 12.0. The molecule has 0 atom stereocenters. The van der Waals surface area contributed by atoms with E-state index in [4.69, 9.17) is 10.00 Å². The van der Waals surface area contributed by atoms with E-state index in [0.717, 1.165) is 17.5 Å². The Hall–Kier alpha value is -2.32. The topological polar surface area (TPSA) is 74.1 Å². The molecule has 2 N–H and O–H groups in total. The van der Waals surface area contributed by atoms with Gasteiger partial charge in [-0.05, 0) is 31.9 Å². The van der Waals surface area contributed by atoms with Gasteiger partial charge in [-0.15, -0.1) is 0 Å². The molecule has 0 radical (unpaired) electrons. The van der Waals surface area contributed by atoms with E-state index in [9.17, 15) is 4.79 Å². The molecule has 0 aliphatic heterocycles. The van der Waals surface area contributed by atoms with E-state index in [-0.39, 0.29) is 5.57 Å². The Morgan fingerprint density at radius 3 is 2.81 bits per heavy atom. The highest BCUT2D eigenvalue weighted by Crippen LogP contribution is 2.16. The van der Waals surface area contributed by atoms with Gasteiger partial charge in [0.25, 0.3) is 5.91 Å². The lowest BCUT2D eigenvalue weighted by Gasteiger charge is -2.08. The third-order valence-electron chi connectivity index (χ3n) is 2.91. The minimum atomic E-state index is -0.413. The van der Waals surface area contributed by atoms with Gasteiger partial charge in [-0.3, -0.25) is 4.79 Å². The number of rotatable bonds is 7. The second-order valence-corrected chi connectivity index (χ2v) is 4.74. The molecule has 1 aromatic carbocycles. The second kappa shape index (κ2) is 8.77. The van der Waals surface area contributed by atoms with Crippen molar-refractivity contribution in [3.63, 3.8) is 0 Å². The van der Waals surface area contributed by atoms with Crippen molar-refractivity contribution >= 4 is 11.6 Å². The van der Waals surface area contributed by atoms with E-state index in [1.165, 1.54) is 6.20 Å². The van der Waals surface area contributed by atoms with Crippen LogP contribution >= 0.6 is 0 Å². The Labute approximate surface area is 125 Å². The first-order valence-electron chi connectivity index (χ1n) is 6.79. The van der Waals surface area contributed by atoms with Gasteiger partial charge in [-0.25, -0.2) is 0 Å². The van der Waals surface area contributed by atoms with Crippen LogP contribution in [-0.2, 0) is 9.53 Å². The molecule has 0 fully saturated rings. The van der Waals surface area contributed by atoms with Crippen molar-refractivity contribution < 1.29 is 9.53 Å². The van der Waals surface area contributed by atoms with Gasteiger partial charge in [0, 0.05) is 32.1 Å². The Morgan fingerprint density at radius 2 is 2.19 bits per heavy atom. The maximum Gasteiger partial charge on any atom is 0.267 e. The first-order valence-corrected chi connectivity index (χ1v) is 6.79. The molecule has 0 aromatic heterocycles. The average molecular weight is 287 g/mol. The monoisotopic (exact) mass is 287 g/mol. The minimum absolute atomic E-state index is 0.0485. The van der Waals surface area contributed by atoms with Gasteiger partial charge in [-0.1, -0.05) is 17.7 Å². The van der Waals surface area contributed by atoms with E-state index in [2.05, 4.69) is 10.6 Å². The van der Waals surface area contributed by atoms with Crippen LogP contribution in [0.1, 0.15) is 17.5 Å². The lowest BCUT2D eigenvalue weighted by molar-refractivity contribution is -0.112. The number of carbonyl (C=O) groups is 1. The van der Waals surface area contributed by atoms with Gasteiger partial charge in [0.2, 0.25) is 0 Å². The lowest BCUT2D eigenvalue weighted by atomic mass is 10.1. The predicted molar refractivity (Wildman–Crippen MR) is 82.7 cm³/mol. The van der Waals surface area contributed by atoms with Gasteiger partial charge in [-0.2, -0.15) is 5.26 Å². The number of amides is 1. The van der Waals surface area contributed by atoms with Crippen LogP contribution in [0.5, 0.6) is 0 Å². The highest BCUT2D eigenvalue weighted by molar-refractivity contribution is 6.06. The third-order valence-corrected chi connectivity index (χ3v) is 2.91. The summed E-state index contributed by atoms with van der Waals surface area (Å²) in [4.78, 5) is 12.0. The van der Waals surface area contributed by atoms with Gasteiger partial charge in [0.1, 0.15) is 11.6 Å². The van der Waals surface area contributed by atoms with Crippen molar-refractivity contribution in [1.29, 1.82) is 5.26 Å². The molecule has 0 saturated carbocycles. The number of anilines is 1. The van der Waals surface area contributed by atoms with Crippen molar-refractivity contribution in [2.75, 3.05) is 25.6 Å². The summed E-state index contributed by atoms with van der Waals surface area (Å²) in [7, 11) is 1.63. The fourth-order valence-corrected chi connectivity index (χ4v) is 1.78. The number of aryl methyl sites for hydroxylation is 2. The molecule has 5 heteroatoms. The molecule has 1 rings (SSSR count). The molecule has 5 nitrogen and oxygen atoms in total. The molecule has 1 amide bonds. The zero-order valence-electron chi connectivity index (χ0n) is 12.7. The number of benzene rings is 1. The summed E-state index contributed by atoms with van der Waals surface area (Å²) in [5.41, 5.74) is 2.86. The van der Waals surface area contributed by atoms with Gasteiger partial charge in [0.15, 0.2) is 0 Å². The molecule has 0 unspecified atom stereocenters. The molecule has 0 aliphatic rings. The van der Waals surface area contributed by atoms with E-state index in [1.54, 1.807) is 7.11 Å². The maximum absolute atomic E-state index is 12.0. The summed E-state index contributed by atoms with van der Waals surface area (Å²) in [5.74, 6) is -0.413. The molecule has 112 valence electrons. The molecular formula is C16H21N3O2. The molecule has 0 spiro atoms. The number of nitrogens with one attached hydrogen (secondary N) is 2. The standard InChI is InChI=1S/C16H21N3O2/c1-12-5-6-15(13(2)9-12)19-16(20)14(10-17)11-18-7-4-8-21-3/h5-6,9,11,18H,4,7-8H2,1-3H3,(H,19,20)/b14-11-. The van der Waals surface area contributed by atoms with Crippen LogP contribution in [0.2, 0.25) is 0 Å². The molecule has 0 aliphatic carbocycles. The van der Waals surface area contributed by atoms with Crippen LogP contribution < -0.4 is 10.6 Å². The van der Waals surface area contributed by atoms with Crippen molar-refractivity contribution in [2.45, 2.75) is 20.3 Å². The summed E-state index contributed by atoms with van der Waals surface area (Å²) in [6, 6.07) is 7.63. The van der Waals surface area contributed by atoms with Crippen LogP contribution in [0.4, 0.5) is 5.69 Å². The van der Waals surface area contributed by atoms with Crippen LogP contribution in [-0.4, -0.2) is 26.2 Å². The molecule has 1 aromatic rings. The van der Waals surface area contributed by atoms with Gasteiger partial charge >= 0.3 is 0 Å². The molecule has 0 bridgehead atoms. The number of hydrogen-bond donors (Lipinski definition) is 2. The predicted octanol–water partition coefficient (Wildman–Crippen LogP) is 2.28. The summed E-state index contributed by atoms with van der Waals surface area (Å²) in [6.45, 7) is 5.19. The quantitative estimate of drug-likeness (QED) is 0.458. The zero-order chi connectivity index (χ0) is 15.7. The summed E-state index contributed by atoms with van der Waals surface area (Å²) in [6.07, 6.45) is 2.25. The van der Waals surface area contributed by atoms with Gasteiger partial charge < -0.3 is 15.4 Å². The highest BCUT2D eigenvalue weighted by atomic mass is 16.5. The van der Waals surface area contributed by atoms with E-state index in [0.29, 0.717) is 18.8 Å². The first kappa shape index (κ1) is 16.7. The fraction of sp³-hybridized carbons (Fsp3) is 0.375. The summed E-state index contributed by atoms with van der Waals surface area (Å²) < 4.78 is 4.92. The highest BCUT2D eigenvalue weighted by Gasteiger charge is 2.10. The number of nitrogens with zero attached hydrogens (tertiary/aromatic N) is 1. The zero-order valence-corrected chi connectivity index (χ0v) is 12.7. The minimum Gasteiger partial charge on any atom is -0.390 e. The Morgan fingerprint density at radius 1 is 1.43 bits per heavy atom. The van der Waals surface area contributed by atoms with Crippen LogP contribution in [0, 0.1) is 25.2 Å². The van der Waals surface area contributed by atoms with Gasteiger partial charge in [0.05, 0.1) is 0 Å². The molecule has 21 heavy (non-hydrogen) atoms.